The quantitative estimate of drug-likeness (QED) is 0.176. The summed E-state index contributed by atoms with van der Waals surface area (Å²) in [5.41, 5.74) is 11.0. The number of benzene rings is 8. The average molecular weight is 678 g/mol. The molecule has 0 atom stereocenters. The largest absolute Gasteiger partial charge is 0.456 e. The molecule has 4 heteroatoms. The van der Waals surface area contributed by atoms with Crippen molar-refractivity contribution in [3.8, 4) is 67.5 Å². The van der Waals surface area contributed by atoms with E-state index in [1.54, 1.807) is 0 Å². The van der Waals surface area contributed by atoms with Gasteiger partial charge in [0.2, 0.25) is 0 Å². The van der Waals surface area contributed by atoms with E-state index in [-0.39, 0.29) is 0 Å². The Kier molecular flexibility index (Phi) is 7.43. The highest BCUT2D eigenvalue weighted by atomic mass is 16.3. The van der Waals surface area contributed by atoms with E-state index in [0.717, 1.165) is 72.0 Å². The van der Waals surface area contributed by atoms with Gasteiger partial charge in [0.05, 0.1) is 0 Å². The first-order valence-corrected chi connectivity index (χ1v) is 17.8. The average Bonchev–Trinajstić information content (AvgIpc) is 3.62. The van der Waals surface area contributed by atoms with Crippen LogP contribution in [0, 0.1) is 0 Å². The molecule has 8 aromatic carbocycles. The summed E-state index contributed by atoms with van der Waals surface area (Å²) in [6.07, 6.45) is 0. The number of furan rings is 1. The number of nitrogens with zero attached hydrogens (tertiary/aromatic N) is 3. The van der Waals surface area contributed by atoms with Crippen LogP contribution in [0.4, 0.5) is 0 Å². The minimum atomic E-state index is 0.586. The van der Waals surface area contributed by atoms with Crippen molar-refractivity contribution in [3.05, 3.63) is 188 Å². The van der Waals surface area contributed by atoms with Crippen LogP contribution in [0.3, 0.4) is 0 Å². The van der Waals surface area contributed by atoms with Gasteiger partial charge < -0.3 is 4.42 Å². The lowest BCUT2D eigenvalue weighted by atomic mass is 9.98. The summed E-state index contributed by atoms with van der Waals surface area (Å²) in [6.45, 7) is 0. The summed E-state index contributed by atoms with van der Waals surface area (Å²) in [7, 11) is 0. The zero-order chi connectivity index (χ0) is 35.1. The predicted molar refractivity (Wildman–Crippen MR) is 217 cm³/mol. The van der Waals surface area contributed by atoms with Gasteiger partial charge in [-0.25, -0.2) is 15.0 Å². The minimum absolute atomic E-state index is 0.586. The van der Waals surface area contributed by atoms with Crippen molar-refractivity contribution in [2.75, 3.05) is 0 Å². The third-order valence-corrected chi connectivity index (χ3v) is 9.92. The van der Waals surface area contributed by atoms with Crippen LogP contribution in [0.5, 0.6) is 0 Å². The van der Waals surface area contributed by atoms with Gasteiger partial charge in [-0.2, -0.15) is 0 Å². The second kappa shape index (κ2) is 12.9. The molecule has 0 saturated heterocycles. The molecule has 4 nitrogen and oxygen atoms in total. The van der Waals surface area contributed by atoms with Crippen molar-refractivity contribution in [1.82, 2.24) is 15.0 Å². The molecule has 0 spiro atoms. The van der Waals surface area contributed by atoms with Gasteiger partial charge in [-0.15, -0.1) is 0 Å². The van der Waals surface area contributed by atoms with E-state index in [2.05, 4.69) is 158 Å². The Morgan fingerprint density at radius 1 is 0.302 bits per heavy atom. The van der Waals surface area contributed by atoms with Crippen LogP contribution in [0.1, 0.15) is 0 Å². The highest BCUT2D eigenvalue weighted by molar-refractivity contribution is 6.13. The maximum absolute atomic E-state index is 6.48. The summed E-state index contributed by atoms with van der Waals surface area (Å²) in [5.74, 6) is 1.79. The van der Waals surface area contributed by atoms with Crippen molar-refractivity contribution in [1.29, 1.82) is 0 Å². The molecule has 0 unspecified atom stereocenters. The fourth-order valence-electron chi connectivity index (χ4n) is 7.23. The van der Waals surface area contributed by atoms with E-state index < -0.39 is 0 Å². The van der Waals surface area contributed by atoms with Crippen LogP contribution in [0.15, 0.2) is 192 Å². The first kappa shape index (κ1) is 30.6. The molecule has 0 N–H and O–H groups in total. The van der Waals surface area contributed by atoms with Gasteiger partial charge in [-0.05, 0) is 74.5 Å². The third kappa shape index (κ3) is 5.73. The number of aromatic nitrogens is 3. The Balaban J connectivity index is 1.17. The fraction of sp³-hybridized carbons (Fsp3) is 0. The van der Waals surface area contributed by atoms with Gasteiger partial charge in [0, 0.05) is 27.5 Å². The van der Waals surface area contributed by atoms with Crippen LogP contribution in [0.2, 0.25) is 0 Å². The Bertz CT molecular complexity index is 2930. The van der Waals surface area contributed by atoms with Gasteiger partial charge in [0.25, 0.3) is 0 Å². The van der Waals surface area contributed by atoms with Crippen LogP contribution < -0.4 is 0 Å². The zero-order valence-corrected chi connectivity index (χ0v) is 28.6. The van der Waals surface area contributed by atoms with Gasteiger partial charge in [-0.1, -0.05) is 158 Å². The number of hydrogen-bond acceptors (Lipinski definition) is 4. The predicted octanol–water partition coefficient (Wildman–Crippen LogP) is 12.9. The Morgan fingerprint density at radius 3 is 1.64 bits per heavy atom. The molecule has 53 heavy (non-hydrogen) atoms. The molecular formula is C49H31N3O. The van der Waals surface area contributed by atoms with Crippen molar-refractivity contribution < 1.29 is 4.42 Å². The second-order valence-electron chi connectivity index (χ2n) is 13.3. The molecule has 0 aliphatic heterocycles. The molecule has 2 heterocycles. The van der Waals surface area contributed by atoms with Gasteiger partial charge >= 0.3 is 0 Å². The van der Waals surface area contributed by atoms with Crippen LogP contribution in [-0.4, -0.2) is 15.0 Å². The minimum Gasteiger partial charge on any atom is -0.456 e. The highest BCUT2D eigenvalue weighted by Gasteiger charge is 2.20. The maximum atomic E-state index is 6.48. The molecule has 0 aliphatic carbocycles. The zero-order valence-electron chi connectivity index (χ0n) is 28.6. The second-order valence-corrected chi connectivity index (χ2v) is 13.3. The topological polar surface area (TPSA) is 51.8 Å². The molecule has 2 aromatic heterocycles. The fourth-order valence-corrected chi connectivity index (χ4v) is 7.23. The van der Waals surface area contributed by atoms with E-state index in [1.165, 1.54) is 10.8 Å². The Hall–Kier alpha value is -7.17. The number of fused-ring (bicyclic) bond motifs is 4. The molecule has 10 rings (SSSR count). The third-order valence-electron chi connectivity index (χ3n) is 9.92. The summed E-state index contributed by atoms with van der Waals surface area (Å²) in [5, 5.41) is 4.44. The molecule has 0 fully saturated rings. The van der Waals surface area contributed by atoms with Crippen LogP contribution in [-0.2, 0) is 0 Å². The first-order chi connectivity index (χ1) is 26.2. The van der Waals surface area contributed by atoms with Crippen molar-refractivity contribution in [2.45, 2.75) is 0 Å². The Morgan fingerprint density at radius 2 is 0.849 bits per heavy atom. The monoisotopic (exact) mass is 677 g/mol. The van der Waals surface area contributed by atoms with Gasteiger partial charge in [-0.3, -0.25) is 0 Å². The van der Waals surface area contributed by atoms with E-state index in [9.17, 15) is 0 Å². The molecule has 10 aromatic rings. The van der Waals surface area contributed by atoms with E-state index >= 15 is 0 Å². The molecule has 248 valence electrons. The first-order valence-electron chi connectivity index (χ1n) is 17.8. The highest BCUT2D eigenvalue weighted by Crippen LogP contribution is 2.40. The standard InChI is InChI=1S/C49H31N3O/c1-3-12-32(13-4-1)38-18-11-19-40(29-38)48-50-47(36-25-22-35(23-26-36)39-27-24-34-16-7-8-17-37(34)28-39)51-49(52-48)43-30-41(33-14-5-2-6-15-33)31-45-46(43)42-20-9-10-21-44(42)53-45/h1-31H. The lowest BCUT2D eigenvalue weighted by Crippen LogP contribution is -2.01. The summed E-state index contributed by atoms with van der Waals surface area (Å²) in [6, 6.07) is 65.2. The van der Waals surface area contributed by atoms with Gasteiger partial charge in [0.1, 0.15) is 11.2 Å². The van der Waals surface area contributed by atoms with Crippen molar-refractivity contribution in [3.63, 3.8) is 0 Å². The normalized spacial score (nSPS) is 11.4. The van der Waals surface area contributed by atoms with Crippen LogP contribution in [0.25, 0.3) is 100 Å². The van der Waals surface area contributed by atoms with E-state index in [1.807, 2.05) is 30.3 Å². The lowest BCUT2D eigenvalue weighted by Gasteiger charge is -2.12. The smallest absolute Gasteiger partial charge is 0.164 e. The number of hydrogen-bond donors (Lipinski definition) is 0. The number of para-hydroxylation sites is 1. The van der Waals surface area contributed by atoms with E-state index in [0.29, 0.717) is 17.5 Å². The molecule has 0 radical (unpaired) electrons. The Labute approximate surface area is 306 Å². The molecule has 0 saturated carbocycles. The van der Waals surface area contributed by atoms with Crippen molar-refractivity contribution >= 4 is 32.7 Å². The molecular weight excluding hydrogens is 647 g/mol. The lowest BCUT2D eigenvalue weighted by molar-refractivity contribution is 0.669. The van der Waals surface area contributed by atoms with Crippen molar-refractivity contribution in [2.24, 2.45) is 0 Å². The molecule has 0 bridgehead atoms. The van der Waals surface area contributed by atoms with E-state index in [4.69, 9.17) is 19.4 Å². The maximum Gasteiger partial charge on any atom is 0.164 e. The summed E-state index contributed by atoms with van der Waals surface area (Å²) in [4.78, 5) is 15.6. The van der Waals surface area contributed by atoms with Gasteiger partial charge in [0.15, 0.2) is 17.5 Å². The SMILES string of the molecule is c1ccc(-c2cccc(-c3nc(-c4ccc(-c5ccc6ccccc6c5)cc4)nc(-c4cc(-c5ccccc5)cc5oc6ccccc6c45)n3)c2)cc1. The van der Waals surface area contributed by atoms with Crippen LogP contribution >= 0.6 is 0 Å². The number of rotatable bonds is 6. The summed E-state index contributed by atoms with van der Waals surface area (Å²) >= 11 is 0. The molecule has 0 aliphatic rings. The summed E-state index contributed by atoms with van der Waals surface area (Å²) < 4.78 is 6.48. The molecule has 0 amide bonds.